The molecule has 0 saturated heterocycles. The fourth-order valence-corrected chi connectivity index (χ4v) is 11.1. The molecule has 0 amide bonds. The summed E-state index contributed by atoms with van der Waals surface area (Å²) in [6.07, 6.45) is 0. The molecule has 0 saturated carbocycles. The van der Waals surface area contributed by atoms with Gasteiger partial charge in [-0.3, -0.25) is 0 Å². The summed E-state index contributed by atoms with van der Waals surface area (Å²) in [6.45, 7) is 9.78. The van der Waals surface area contributed by atoms with Gasteiger partial charge in [0, 0.05) is 21.6 Å². The number of benzene rings is 8. The van der Waals surface area contributed by atoms with Gasteiger partial charge in [-0.1, -0.05) is 179 Å². The maximum Gasteiger partial charge on any atom is 0.136 e. The van der Waals surface area contributed by atoms with Crippen LogP contribution < -0.4 is 4.90 Å². The van der Waals surface area contributed by atoms with Crippen LogP contribution in [-0.4, -0.2) is 0 Å². The van der Waals surface area contributed by atoms with E-state index >= 15 is 0 Å². The van der Waals surface area contributed by atoms with Gasteiger partial charge in [0.25, 0.3) is 0 Å². The molecule has 0 unspecified atom stereocenters. The molecule has 0 spiro atoms. The van der Waals surface area contributed by atoms with Gasteiger partial charge >= 0.3 is 0 Å². The molecule has 2 nitrogen and oxygen atoms in total. The van der Waals surface area contributed by atoms with E-state index in [2.05, 4.69) is 202 Å². The third-order valence-corrected chi connectivity index (χ3v) is 13.7. The normalized spacial score (nSPS) is 16.1. The zero-order chi connectivity index (χ0) is 38.3. The Kier molecular flexibility index (Phi) is 6.42. The molecule has 4 heterocycles. The molecular weight excluding hydrogens is 691 g/mol. The second-order valence-electron chi connectivity index (χ2n) is 17.2. The second-order valence-corrected chi connectivity index (χ2v) is 17.2. The molecular formula is C55H41NO. The molecule has 272 valence electrons. The first-order valence-corrected chi connectivity index (χ1v) is 20.2. The van der Waals surface area contributed by atoms with Gasteiger partial charge in [0.15, 0.2) is 0 Å². The standard InChI is InChI=1S/C55H41NO/c1-53(2)41-26-16-28-43-50(41)56-51-42(27-17-29-44(51)55(43,35-18-7-5-8-19-35)36-20-9-6-10-21-36)54(3,4)46-33-34(32-45(53)52(46)56)37-22-11-12-23-38(37)39-25-15-31-48-49(39)40-24-13-14-30-47(40)57-48/h5-33H,1-4H3. The van der Waals surface area contributed by atoms with Crippen molar-refractivity contribution in [1.82, 2.24) is 0 Å². The van der Waals surface area contributed by atoms with Gasteiger partial charge in [0.1, 0.15) is 11.2 Å². The van der Waals surface area contributed by atoms with Crippen LogP contribution in [-0.2, 0) is 16.2 Å². The minimum atomic E-state index is -0.506. The molecule has 0 aliphatic carbocycles. The molecule has 0 N–H and O–H groups in total. The highest BCUT2D eigenvalue weighted by molar-refractivity contribution is 6.14. The lowest BCUT2D eigenvalue weighted by Gasteiger charge is -2.56. The number of rotatable bonds is 4. The highest BCUT2D eigenvalue weighted by Gasteiger charge is 2.55. The Morgan fingerprint density at radius 2 is 0.842 bits per heavy atom. The summed E-state index contributed by atoms with van der Waals surface area (Å²) in [4.78, 5) is 2.68. The van der Waals surface area contributed by atoms with Gasteiger partial charge in [-0.05, 0) is 91.0 Å². The Balaban J connectivity index is 1.17. The van der Waals surface area contributed by atoms with Gasteiger partial charge in [0.05, 0.1) is 22.5 Å². The van der Waals surface area contributed by atoms with Crippen LogP contribution in [0.3, 0.4) is 0 Å². The highest BCUT2D eigenvalue weighted by atomic mass is 16.3. The lowest BCUT2D eigenvalue weighted by molar-refractivity contribution is 0.583. The molecule has 0 radical (unpaired) electrons. The van der Waals surface area contributed by atoms with Gasteiger partial charge in [-0.15, -0.1) is 0 Å². The van der Waals surface area contributed by atoms with Crippen LogP contribution >= 0.6 is 0 Å². The highest BCUT2D eigenvalue weighted by Crippen LogP contribution is 2.68. The van der Waals surface area contributed by atoms with Crippen LogP contribution in [0.1, 0.15) is 72.2 Å². The number of hydrogen-bond acceptors (Lipinski definition) is 2. The van der Waals surface area contributed by atoms with Crippen molar-refractivity contribution in [3.05, 3.63) is 220 Å². The molecule has 12 rings (SSSR count). The van der Waals surface area contributed by atoms with E-state index in [4.69, 9.17) is 4.42 Å². The van der Waals surface area contributed by atoms with Crippen molar-refractivity contribution < 1.29 is 4.42 Å². The first-order valence-electron chi connectivity index (χ1n) is 20.2. The zero-order valence-electron chi connectivity index (χ0n) is 32.6. The predicted molar refractivity (Wildman–Crippen MR) is 235 cm³/mol. The largest absolute Gasteiger partial charge is 0.456 e. The lowest BCUT2D eigenvalue weighted by Crippen LogP contribution is -2.45. The minimum Gasteiger partial charge on any atom is -0.456 e. The van der Waals surface area contributed by atoms with Crippen LogP contribution in [0.15, 0.2) is 180 Å². The SMILES string of the molecule is CC1(C)c2cc(-c3ccccc3-c3cccc4oc5ccccc5c34)cc3c2N2c4c1cccc4C(c1ccccc1)(c1ccccc1)c1cccc(c12)C3(C)C. The summed E-state index contributed by atoms with van der Waals surface area (Å²) >= 11 is 0. The monoisotopic (exact) mass is 731 g/mol. The lowest BCUT2D eigenvalue weighted by atomic mass is 9.56. The topological polar surface area (TPSA) is 16.4 Å². The first-order chi connectivity index (χ1) is 27.8. The Bertz CT molecular complexity index is 3000. The van der Waals surface area contributed by atoms with Gasteiger partial charge < -0.3 is 9.32 Å². The van der Waals surface area contributed by atoms with E-state index in [1.165, 1.54) is 83.8 Å². The Labute approximate surface area is 333 Å². The van der Waals surface area contributed by atoms with Crippen LogP contribution in [0.4, 0.5) is 17.1 Å². The summed E-state index contributed by atoms with van der Waals surface area (Å²) < 4.78 is 6.39. The second kappa shape index (κ2) is 11.2. The van der Waals surface area contributed by atoms with Crippen molar-refractivity contribution in [2.45, 2.75) is 43.9 Å². The van der Waals surface area contributed by atoms with Gasteiger partial charge in [-0.2, -0.15) is 0 Å². The molecule has 0 bridgehead atoms. The maximum absolute atomic E-state index is 6.39. The quantitative estimate of drug-likeness (QED) is 0.179. The molecule has 57 heavy (non-hydrogen) atoms. The van der Waals surface area contributed by atoms with Crippen LogP contribution in [0.25, 0.3) is 44.2 Å². The average molecular weight is 732 g/mol. The first kappa shape index (κ1) is 32.6. The summed E-state index contributed by atoms with van der Waals surface area (Å²) in [5, 5.41) is 2.31. The maximum atomic E-state index is 6.39. The van der Waals surface area contributed by atoms with E-state index in [9.17, 15) is 0 Å². The number of anilines is 3. The van der Waals surface area contributed by atoms with Crippen molar-refractivity contribution in [2.24, 2.45) is 0 Å². The molecule has 0 atom stereocenters. The smallest absolute Gasteiger partial charge is 0.136 e. The number of fused-ring (bicyclic) bond motifs is 3. The summed E-state index contributed by atoms with van der Waals surface area (Å²) in [7, 11) is 0. The van der Waals surface area contributed by atoms with Crippen LogP contribution in [0.2, 0.25) is 0 Å². The third kappa shape index (κ3) is 4.05. The third-order valence-electron chi connectivity index (χ3n) is 13.7. The van der Waals surface area contributed by atoms with Crippen LogP contribution in [0.5, 0.6) is 0 Å². The van der Waals surface area contributed by atoms with Gasteiger partial charge in [0.2, 0.25) is 0 Å². The van der Waals surface area contributed by atoms with E-state index in [0.717, 1.165) is 21.9 Å². The predicted octanol–water partition coefficient (Wildman–Crippen LogP) is 14.4. The minimum absolute atomic E-state index is 0.295. The van der Waals surface area contributed by atoms with Crippen molar-refractivity contribution in [2.75, 3.05) is 4.90 Å². The van der Waals surface area contributed by atoms with Crippen molar-refractivity contribution in [1.29, 1.82) is 0 Å². The molecule has 9 aromatic rings. The summed E-state index contributed by atoms with van der Waals surface area (Å²) in [5.74, 6) is 0. The van der Waals surface area contributed by atoms with Crippen molar-refractivity contribution in [3.63, 3.8) is 0 Å². The average Bonchev–Trinajstić information content (AvgIpc) is 3.64. The van der Waals surface area contributed by atoms with Crippen molar-refractivity contribution >= 4 is 39.0 Å². The molecule has 8 aromatic carbocycles. The Hall–Kier alpha value is -6.64. The molecule has 2 heteroatoms. The zero-order valence-corrected chi connectivity index (χ0v) is 32.6. The van der Waals surface area contributed by atoms with Crippen molar-refractivity contribution in [3.8, 4) is 22.3 Å². The van der Waals surface area contributed by atoms with E-state index in [1.54, 1.807) is 0 Å². The van der Waals surface area contributed by atoms with Gasteiger partial charge in [-0.25, -0.2) is 0 Å². The Morgan fingerprint density at radius 1 is 0.386 bits per heavy atom. The van der Waals surface area contributed by atoms with Crippen LogP contribution in [0, 0.1) is 0 Å². The molecule has 3 aliphatic rings. The summed E-state index contributed by atoms with van der Waals surface area (Å²) in [6, 6.07) is 65.5. The fourth-order valence-electron chi connectivity index (χ4n) is 11.1. The fraction of sp³-hybridized carbons (Fsp3) is 0.127. The van der Waals surface area contributed by atoms with E-state index in [-0.39, 0.29) is 10.8 Å². The molecule has 0 fully saturated rings. The number of para-hydroxylation sites is 3. The molecule has 3 aliphatic heterocycles. The Morgan fingerprint density at radius 3 is 1.46 bits per heavy atom. The summed E-state index contributed by atoms with van der Waals surface area (Å²) in [5.41, 5.74) is 20.3. The molecule has 1 aromatic heterocycles. The van der Waals surface area contributed by atoms with E-state index in [1.807, 2.05) is 6.07 Å². The van der Waals surface area contributed by atoms with E-state index in [0.29, 0.717) is 0 Å². The number of hydrogen-bond donors (Lipinski definition) is 0. The number of furan rings is 1. The number of nitrogens with zero attached hydrogens (tertiary/aromatic N) is 1. The van der Waals surface area contributed by atoms with E-state index < -0.39 is 5.41 Å².